The summed E-state index contributed by atoms with van der Waals surface area (Å²) in [4.78, 5) is 28.5. The molecule has 1 aromatic rings. The van der Waals surface area contributed by atoms with Gasteiger partial charge in [0.05, 0.1) is 18.3 Å². The molecule has 102 valence electrons. The Morgan fingerprint density at radius 3 is 3.05 bits per heavy atom. The quantitative estimate of drug-likeness (QED) is 0.872. The van der Waals surface area contributed by atoms with Crippen molar-refractivity contribution in [3.05, 3.63) is 24.0 Å². The first kappa shape index (κ1) is 13.3. The van der Waals surface area contributed by atoms with Gasteiger partial charge in [0.25, 0.3) is 0 Å². The van der Waals surface area contributed by atoms with Crippen molar-refractivity contribution in [2.75, 3.05) is 11.9 Å². The lowest BCUT2D eigenvalue weighted by Gasteiger charge is -2.24. The van der Waals surface area contributed by atoms with Gasteiger partial charge in [0.15, 0.2) is 0 Å². The molecule has 6 heteroatoms. The van der Waals surface area contributed by atoms with Crippen LogP contribution in [-0.4, -0.2) is 39.6 Å². The maximum Gasteiger partial charge on any atom is 0.322 e. The van der Waals surface area contributed by atoms with E-state index in [1.807, 2.05) is 13.0 Å². The average Bonchev–Trinajstić information content (AvgIpc) is 2.79. The summed E-state index contributed by atoms with van der Waals surface area (Å²) in [5, 5.41) is 11.6. The minimum absolute atomic E-state index is 0.000554. The number of amides is 2. The molecule has 1 unspecified atom stereocenters. The topological polar surface area (TPSA) is 82.5 Å². The van der Waals surface area contributed by atoms with Crippen LogP contribution >= 0.6 is 0 Å². The molecule has 1 saturated heterocycles. The lowest BCUT2D eigenvalue weighted by atomic mass is 10.1. The second-order valence-corrected chi connectivity index (χ2v) is 4.71. The predicted octanol–water partition coefficient (Wildman–Crippen LogP) is 1.86. The largest absolute Gasteiger partial charge is 0.481 e. The minimum Gasteiger partial charge on any atom is -0.481 e. The standard InChI is InChI=1S/C13H17N3O3/c1-9-4-5-14-8-11(9)15-13(19)16-6-2-3-10(16)7-12(17)18/h4-5,8,10H,2-3,6-7H2,1H3,(H,15,19)(H,17,18). The number of aliphatic carboxylic acids is 1. The molecule has 1 atom stereocenters. The van der Waals surface area contributed by atoms with Gasteiger partial charge < -0.3 is 15.3 Å². The fourth-order valence-corrected chi connectivity index (χ4v) is 2.30. The van der Waals surface area contributed by atoms with Crippen LogP contribution in [0, 0.1) is 6.92 Å². The minimum atomic E-state index is -0.873. The number of likely N-dealkylation sites (tertiary alicyclic amines) is 1. The molecule has 0 spiro atoms. The van der Waals surface area contributed by atoms with Crippen molar-refractivity contribution in [3.63, 3.8) is 0 Å². The van der Waals surface area contributed by atoms with Crippen LogP contribution in [0.5, 0.6) is 0 Å². The summed E-state index contributed by atoms with van der Waals surface area (Å²) in [6, 6.07) is 1.35. The number of carbonyl (C=O) groups excluding carboxylic acids is 1. The molecule has 0 aromatic carbocycles. The van der Waals surface area contributed by atoms with E-state index in [2.05, 4.69) is 10.3 Å². The van der Waals surface area contributed by atoms with Crippen molar-refractivity contribution in [1.82, 2.24) is 9.88 Å². The fraction of sp³-hybridized carbons (Fsp3) is 0.462. The number of nitrogens with one attached hydrogen (secondary N) is 1. The highest BCUT2D eigenvalue weighted by Crippen LogP contribution is 2.22. The number of anilines is 1. The molecule has 2 rings (SSSR count). The molecule has 1 fully saturated rings. The Hall–Kier alpha value is -2.11. The van der Waals surface area contributed by atoms with Crippen LogP contribution in [0.4, 0.5) is 10.5 Å². The van der Waals surface area contributed by atoms with Gasteiger partial charge in [-0.25, -0.2) is 4.79 Å². The Balaban J connectivity index is 2.03. The number of carboxylic acids is 1. The summed E-state index contributed by atoms with van der Waals surface area (Å²) in [5.41, 5.74) is 1.59. The van der Waals surface area contributed by atoms with Gasteiger partial charge in [-0.2, -0.15) is 0 Å². The van der Waals surface area contributed by atoms with Crippen LogP contribution in [0.25, 0.3) is 0 Å². The van der Waals surface area contributed by atoms with Crippen LogP contribution in [0.2, 0.25) is 0 Å². The molecule has 2 N–H and O–H groups in total. The normalized spacial score (nSPS) is 18.4. The number of aryl methyl sites for hydroxylation is 1. The van der Waals surface area contributed by atoms with Gasteiger partial charge in [-0.3, -0.25) is 9.78 Å². The van der Waals surface area contributed by atoms with E-state index in [9.17, 15) is 9.59 Å². The zero-order valence-corrected chi connectivity index (χ0v) is 10.8. The van der Waals surface area contributed by atoms with E-state index >= 15 is 0 Å². The maximum atomic E-state index is 12.2. The van der Waals surface area contributed by atoms with E-state index in [4.69, 9.17) is 5.11 Å². The van der Waals surface area contributed by atoms with E-state index < -0.39 is 5.97 Å². The average molecular weight is 263 g/mol. The highest BCUT2D eigenvalue weighted by molar-refractivity contribution is 5.90. The van der Waals surface area contributed by atoms with E-state index in [-0.39, 0.29) is 18.5 Å². The summed E-state index contributed by atoms with van der Waals surface area (Å²) < 4.78 is 0. The van der Waals surface area contributed by atoms with E-state index in [1.165, 1.54) is 0 Å². The van der Waals surface area contributed by atoms with E-state index in [0.717, 1.165) is 18.4 Å². The number of hydrogen-bond donors (Lipinski definition) is 2. The molecule has 0 saturated carbocycles. The molecule has 19 heavy (non-hydrogen) atoms. The van der Waals surface area contributed by atoms with Crippen LogP contribution in [0.15, 0.2) is 18.5 Å². The van der Waals surface area contributed by atoms with Gasteiger partial charge in [0.1, 0.15) is 0 Å². The summed E-state index contributed by atoms with van der Waals surface area (Å²) in [5.74, 6) is -0.873. The zero-order chi connectivity index (χ0) is 13.8. The van der Waals surface area contributed by atoms with Crippen molar-refractivity contribution < 1.29 is 14.7 Å². The Kier molecular flexibility index (Phi) is 3.99. The lowest BCUT2D eigenvalue weighted by molar-refractivity contribution is -0.137. The summed E-state index contributed by atoms with van der Waals surface area (Å²) in [6.07, 6.45) is 4.84. The molecule has 2 amide bonds. The number of urea groups is 1. The maximum absolute atomic E-state index is 12.2. The highest BCUT2D eigenvalue weighted by atomic mass is 16.4. The lowest BCUT2D eigenvalue weighted by Crippen LogP contribution is -2.39. The Labute approximate surface area is 111 Å². The van der Waals surface area contributed by atoms with Gasteiger partial charge in [-0.1, -0.05) is 0 Å². The molecule has 1 aromatic heterocycles. The molecule has 6 nitrogen and oxygen atoms in total. The zero-order valence-electron chi connectivity index (χ0n) is 10.8. The van der Waals surface area contributed by atoms with Crippen molar-refractivity contribution in [2.45, 2.75) is 32.2 Å². The number of nitrogens with zero attached hydrogens (tertiary/aromatic N) is 2. The summed E-state index contributed by atoms with van der Waals surface area (Å²) in [7, 11) is 0. The molecule has 0 aliphatic carbocycles. The number of pyridine rings is 1. The third-order valence-electron chi connectivity index (χ3n) is 3.33. The SMILES string of the molecule is Cc1ccncc1NC(=O)N1CCCC1CC(=O)O. The van der Waals surface area contributed by atoms with Crippen LogP contribution in [0.3, 0.4) is 0 Å². The Morgan fingerprint density at radius 1 is 1.58 bits per heavy atom. The van der Waals surface area contributed by atoms with Gasteiger partial charge >= 0.3 is 12.0 Å². The number of carbonyl (C=O) groups is 2. The first-order chi connectivity index (χ1) is 9.08. The highest BCUT2D eigenvalue weighted by Gasteiger charge is 2.30. The molecule has 2 heterocycles. The smallest absolute Gasteiger partial charge is 0.322 e. The van der Waals surface area contributed by atoms with Crippen molar-refractivity contribution >= 4 is 17.7 Å². The van der Waals surface area contributed by atoms with Crippen LogP contribution < -0.4 is 5.32 Å². The van der Waals surface area contributed by atoms with Gasteiger partial charge in [0, 0.05) is 18.8 Å². The Morgan fingerprint density at radius 2 is 2.37 bits per heavy atom. The monoisotopic (exact) mass is 263 g/mol. The van der Waals surface area contributed by atoms with Crippen molar-refractivity contribution in [1.29, 1.82) is 0 Å². The van der Waals surface area contributed by atoms with Crippen molar-refractivity contribution in [2.24, 2.45) is 0 Å². The summed E-state index contributed by atoms with van der Waals surface area (Å²) >= 11 is 0. The third kappa shape index (κ3) is 3.21. The van der Waals surface area contributed by atoms with Gasteiger partial charge in [0.2, 0.25) is 0 Å². The van der Waals surface area contributed by atoms with Crippen molar-refractivity contribution in [3.8, 4) is 0 Å². The third-order valence-corrected chi connectivity index (χ3v) is 3.33. The van der Waals surface area contributed by atoms with Crippen LogP contribution in [-0.2, 0) is 4.79 Å². The second kappa shape index (κ2) is 5.69. The van der Waals surface area contributed by atoms with Gasteiger partial charge in [-0.15, -0.1) is 0 Å². The number of carboxylic acid groups (broad SMARTS) is 1. The molecule has 0 bridgehead atoms. The molecule has 0 radical (unpaired) electrons. The molecule has 1 aliphatic rings. The first-order valence-corrected chi connectivity index (χ1v) is 6.28. The fourth-order valence-electron chi connectivity index (χ4n) is 2.30. The second-order valence-electron chi connectivity index (χ2n) is 4.71. The predicted molar refractivity (Wildman–Crippen MR) is 70.0 cm³/mol. The summed E-state index contributed by atoms with van der Waals surface area (Å²) in [6.45, 7) is 2.49. The molecular weight excluding hydrogens is 246 g/mol. The van der Waals surface area contributed by atoms with Crippen LogP contribution in [0.1, 0.15) is 24.8 Å². The van der Waals surface area contributed by atoms with E-state index in [0.29, 0.717) is 12.2 Å². The Bertz CT molecular complexity index is 490. The van der Waals surface area contributed by atoms with E-state index in [1.54, 1.807) is 17.3 Å². The molecule has 1 aliphatic heterocycles. The first-order valence-electron chi connectivity index (χ1n) is 6.28. The number of hydrogen-bond acceptors (Lipinski definition) is 3. The number of rotatable bonds is 3. The van der Waals surface area contributed by atoms with Gasteiger partial charge in [-0.05, 0) is 31.4 Å². The number of aromatic nitrogens is 1. The molecular formula is C13H17N3O3.